The van der Waals surface area contributed by atoms with Crippen LogP contribution in [0.5, 0.6) is 5.75 Å². The number of nitrogens with one attached hydrogen (secondary N) is 1. The Morgan fingerprint density at radius 2 is 1.82 bits per heavy atom. The highest BCUT2D eigenvalue weighted by molar-refractivity contribution is 7.99. The molecule has 1 N–H and O–H groups in total. The minimum absolute atomic E-state index is 0.143. The summed E-state index contributed by atoms with van der Waals surface area (Å²) in [5.74, 6) is 1.21. The molecule has 0 saturated carbocycles. The van der Waals surface area contributed by atoms with Crippen molar-refractivity contribution in [2.45, 2.75) is 18.6 Å². The average molecular weight is 463 g/mol. The van der Waals surface area contributed by atoms with Crippen molar-refractivity contribution in [1.82, 2.24) is 20.1 Å². The molecule has 0 radical (unpaired) electrons. The summed E-state index contributed by atoms with van der Waals surface area (Å²) >= 11 is 1.31. The Kier molecular flexibility index (Phi) is 7.04. The Bertz CT molecular complexity index is 1240. The molecule has 0 spiro atoms. The van der Waals surface area contributed by atoms with Gasteiger partial charge in [0, 0.05) is 17.8 Å². The number of para-hydroxylation sites is 1. The van der Waals surface area contributed by atoms with Gasteiger partial charge >= 0.3 is 0 Å². The van der Waals surface area contributed by atoms with E-state index in [9.17, 15) is 9.18 Å². The van der Waals surface area contributed by atoms with Crippen molar-refractivity contribution in [3.8, 4) is 22.8 Å². The van der Waals surface area contributed by atoms with Gasteiger partial charge in [0.25, 0.3) is 0 Å². The summed E-state index contributed by atoms with van der Waals surface area (Å²) in [5.41, 5.74) is 3.19. The second-order valence-corrected chi connectivity index (χ2v) is 8.30. The molecule has 1 heterocycles. The molecule has 1 aromatic heterocycles. The van der Waals surface area contributed by atoms with E-state index in [1.54, 1.807) is 26.2 Å². The van der Waals surface area contributed by atoms with Crippen molar-refractivity contribution in [3.63, 3.8) is 0 Å². The van der Waals surface area contributed by atoms with Gasteiger partial charge in [-0.15, -0.1) is 10.2 Å². The van der Waals surface area contributed by atoms with E-state index in [1.807, 2.05) is 59.2 Å². The molecule has 0 fully saturated rings. The molecule has 168 valence electrons. The van der Waals surface area contributed by atoms with E-state index in [0.29, 0.717) is 23.1 Å². The minimum Gasteiger partial charge on any atom is -0.497 e. The van der Waals surface area contributed by atoms with Crippen LogP contribution in [0.25, 0.3) is 17.1 Å². The first-order chi connectivity index (χ1) is 16.0. The number of carbonyl (C=O) groups is 1. The molecule has 0 aliphatic rings. The lowest BCUT2D eigenvalue weighted by Gasteiger charge is -2.11. The van der Waals surface area contributed by atoms with E-state index in [0.717, 1.165) is 22.6 Å². The smallest absolute Gasteiger partial charge is 0.230 e. The van der Waals surface area contributed by atoms with E-state index in [2.05, 4.69) is 15.5 Å². The first kappa shape index (κ1) is 22.5. The number of nitrogens with zero attached hydrogens (tertiary/aromatic N) is 3. The maximum absolute atomic E-state index is 13.4. The SMILES string of the molecule is COc1ccc(-c2nnc(SCC(=O)NCc3ccc(F)c(C)c3)n2-c2ccccc2)cc1. The molecule has 4 rings (SSSR count). The van der Waals surface area contributed by atoms with Gasteiger partial charge in [0.15, 0.2) is 11.0 Å². The molecular weight excluding hydrogens is 439 g/mol. The summed E-state index contributed by atoms with van der Waals surface area (Å²) in [6, 6.07) is 22.2. The highest BCUT2D eigenvalue weighted by Gasteiger charge is 2.17. The predicted octanol–water partition coefficient (Wildman–Crippen LogP) is 4.80. The zero-order chi connectivity index (χ0) is 23.2. The standard InChI is InChI=1S/C25H23FN4O2S/c1-17-14-18(8-13-22(17)26)15-27-23(31)16-33-25-29-28-24(19-9-11-21(32-2)12-10-19)30(25)20-6-4-3-5-7-20/h3-14H,15-16H2,1-2H3,(H,27,31). The first-order valence-electron chi connectivity index (χ1n) is 10.3. The van der Waals surface area contributed by atoms with Gasteiger partial charge in [0.1, 0.15) is 11.6 Å². The Morgan fingerprint density at radius 1 is 1.06 bits per heavy atom. The third-order valence-electron chi connectivity index (χ3n) is 5.04. The fourth-order valence-electron chi connectivity index (χ4n) is 3.30. The Morgan fingerprint density at radius 3 is 2.52 bits per heavy atom. The second-order valence-electron chi connectivity index (χ2n) is 7.35. The van der Waals surface area contributed by atoms with Crippen molar-refractivity contribution < 1.29 is 13.9 Å². The van der Waals surface area contributed by atoms with Gasteiger partial charge in [-0.05, 0) is 60.5 Å². The number of hydrogen-bond acceptors (Lipinski definition) is 5. The fourth-order valence-corrected chi connectivity index (χ4v) is 4.08. The van der Waals surface area contributed by atoms with Crippen LogP contribution in [-0.2, 0) is 11.3 Å². The third kappa shape index (κ3) is 5.40. The molecule has 0 saturated heterocycles. The third-order valence-corrected chi connectivity index (χ3v) is 5.97. The lowest BCUT2D eigenvalue weighted by Crippen LogP contribution is -2.24. The Labute approximate surface area is 195 Å². The normalized spacial score (nSPS) is 10.8. The highest BCUT2D eigenvalue weighted by atomic mass is 32.2. The van der Waals surface area contributed by atoms with Crippen LogP contribution in [0.4, 0.5) is 4.39 Å². The second kappa shape index (κ2) is 10.3. The molecule has 4 aromatic rings. The zero-order valence-corrected chi connectivity index (χ0v) is 19.1. The number of amides is 1. The molecule has 0 aliphatic heterocycles. The van der Waals surface area contributed by atoms with E-state index in [1.165, 1.54) is 17.8 Å². The van der Waals surface area contributed by atoms with Gasteiger partial charge in [-0.1, -0.05) is 42.1 Å². The van der Waals surface area contributed by atoms with Crippen LogP contribution in [0.1, 0.15) is 11.1 Å². The number of hydrogen-bond donors (Lipinski definition) is 1. The van der Waals surface area contributed by atoms with Crippen LogP contribution in [0.15, 0.2) is 78.0 Å². The topological polar surface area (TPSA) is 69.0 Å². The molecule has 8 heteroatoms. The van der Waals surface area contributed by atoms with Gasteiger partial charge in [-0.3, -0.25) is 9.36 Å². The summed E-state index contributed by atoms with van der Waals surface area (Å²) in [5, 5.41) is 12.2. The largest absolute Gasteiger partial charge is 0.497 e. The molecule has 0 bridgehead atoms. The molecule has 0 unspecified atom stereocenters. The zero-order valence-electron chi connectivity index (χ0n) is 18.3. The molecule has 33 heavy (non-hydrogen) atoms. The van der Waals surface area contributed by atoms with E-state index in [-0.39, 0.29) is 17.5 Å². The Balaban J connectivity index is 1.50. The van der Waals surface area contributed by atoms with Gasteiger partial charge in [0.2, 0.25) is 5.91 Å². The lowest BCUT2D eigenvalue weighted by atomic mass is 10.1. The fraction of sp³-hybridized carbons (Fsp3) is 0.160. The molecule has 0 aliphatic carbocycles. The number of halogens is 1. The number of rotatable bonds is 8. The van der Waals surface area contributed by atoms with E-state index in [4.69, 9.17) is 4.74 Å². The van der Waals surface area contributed by atoms with Gasteiger partial charge in [-0.2, -0.15) is 0 Å². The average Bonchev–Trinajstić information content (AvgIpc) is 3.28. The van der Waals surface area contributed by atoms with Crippen molar-refractivity contribution in [3.05, 3.63) is 89.7 Å². The highest BCUT2D eigenvalue weighted by Crippen LogP contribution is 2.29. The van der Waals surface area contributed by atoms with Gasteiger partial charge in [-0.25, -0.2) is 4.39 Å². The Hall–Kier alpha value is -3.65. The van der Waals surface area contributed by atoms with Crippen LogP contribution in [-0.4, -0.2) is 33.5 Å². The molecule has 3 aromatic carbocycles. The summed E-state index contributed by atoms with van der Waals surface area (Å²) in [6.45, 7) is 2.04. The monoisotopic (exact) mass is 462 g/mol. The molecule has 1 amide bonds. The number of ether oxygens (including phenoxy) is 1. The number of carbonyl (C=O) groups excluding carboxylic acids is 1. The van der Waals surface area contributed by atoms with Gasteiger partial charge < -0.3 is 10.1 Å². The number of aromatic nitrogens is 3. The van der Waals surface area contributed by atoms with E-state index < -0.39 is 0 Å². The number of methoxy groups -OCH3 is 1. The molecular formula is C25H23FN4O2S. The van der Waals surface area contributed by atoms with Crippen molar-refractivity contribution in [2.24, 2.45) is 0 Å². The summed E-state index contributed by atoms with van der Waals surface area (Å²) in [6.07, 6.45) is 0. The number of aryl methyl sites for hydroxylation is 1. The predicted molar refractivity (Wildman–Crippen MR) is 127 cm³/mol. The van der Waals surface area contributed by atoms with E-state index >= 15 is 0 Å². The summed E-state index contributed by atoms with van der Waals surface area (Å²) in [7, 11) is 1.62. The summed E-state index contributed by atoms with van der Waals surface area (Å²) < 4.78 is 20.6. The maximum atomic E-state index is 13.4. The van der Waals surface area contributed by atoms with Crippen LogP contribution in [0.3, 0.4) is 0 Å². The number of thioether (sulfide) groups is 1. The minimum atomic E-state index is -0.256. The van der Waals surface area contributed by atoms with Crippen molar-refractivity contribution >= 4 is 17.7 Å². The first-order valence-corrected chi connectivity index (χ1v) is 11.3. The molecule has 6 nitrogen and oxygen atoms in total. The van der Waals surface area contributed by atoms with Gasteiger partial charge in [0.05, 0.1) is 12.9 Å². The number of benzene rings is 3. The van der Waals surface area contributed by atoms with Crippen LogP contribution in [0, 0.1) is 12.7 Å². The molecule has 0 atom stereocenters. The summed E-state index contributed by atoms with van der Waals surface area (Å²) in [4.78, 5) is 12.5. The van der Waals surface area contributed by atoms with Crippen LogP contribution >= 0.6 is 11.8 Å². The van der Waals surface area contributed by atoms with Crippen molar-refractivity contribution in [2.75, 3.05) is 12.9 Å². The van der Waals surface area contributed by atoms with Crippen LogP contribution in [0.2, 0.25) is 0 Å². The lowest BCUT2D eigenvalue weighted by molar-refractivity contribution is -0.118. The van der Waals surface area contributed by atoms with Crippen molar-refractivity contribution in [1.29, 1.82) is 0 Å². The van der Waals surface area contributed by atoms with Crippen LogP contribution < -0.4 is 10.1 Å². The quantitative estimate of drug-likeness (QED) is 0.381. The maximum Gasteiger partial charge on any atom is 0.230 e.